The molecular formula is C55H77ClN8O12. The maximum atomic E-state index is 15.4. The molecule has 3 aromatic rings. The van der Waals surface area contributed by atoms with Crippen LogP contribution in [0, 0.1) is 33.8 Å². The molecule has 416 valence electrons. The zero-order valence-electron chi connectivity index (χ0n) is 45.5. The van der Waals surface area contributed by atoms with Gasteiger partial charge in [-0.25, -0.2) is 0 Å². The molecule has 0 saturated carbocycles. The number of Topliss-reactive ketones (excluding diaryl/α,β-unsaturated/α-hetero) is 1. The monoisotopic (exact) mass is 1080 g/mol. The number of para-hydroxylation sites is 1. The quantitative estimate of drug-likeness (QED) is 0.0555. The van der Waals surface area contributed by atoms with Crippen LogP contribution in [0.5, 0.6) is 5.75 Å². The normalized spacial score (nSPS) is 25.8. The molecule has 2 aliphatic rings. The number of aromatic nitrogens is 1. The molecule has 76 heavy (non-hydrogen) atoms. The maximum Gasteiger partial charge on any atom is 0.310 e. The van der Waals surface area contributed by atoms with Gasteiger partial charge >= 0.3 is 5.69 Å². The van der Waals surface area contributed by atoms with Crippen molar-refractivity contribution in [2.24, 2.45) is 23.7 Å². The van der Waals surface area contributed by atoms with Crippen LogP contribution >= 0.6 is 11.6 Å². The van der Waals surface area contributed by atoms with Gasteiger partial charge in [-0.3, -0.25) is 43.7 Å². The van der Waals surface area contributed by atoms with Crippen molar-refractivity contribution in [1.82, 2.24) is 35.2 Å². The van der Waals surface area contributed by atoms with Crippen LogP contribution in [0.15, 0.2) is 60.8 Å². The minimum absolute atomic E-state index is 0.00367. The Balaban J connectivity index is 1.73. The number of likely N-dealkylation sites (N-methyl/N-ethyl adjacent to an activating group) is 2. The molecule has 6 amide bonds. The van der Waals surface area contributed by atoms with E-state index in [1.54, 1.807) is 38.3 Å². The highest BCUT2D eigenvalue weighted by Gasteiger charge is 2.48. The Bertz CT molecular complexity index is 2670. The summed E-state index contributed by atoms with van der Waals surface area (Å²) in [6, 6.07) is 2.79. The molecule has 0 spiro atoms. The number of rotatable bonds is 14. The van der Waals surface area contributed by atoms with Gasteiger partial charge in [0, 0.05) is 61.9 Å². The highest BCUT2D eigenvalue weighted by molar-refractivity contribution is 6.18. The van der Waals surface area contributed by atoms with Crippen molar-refractivity contribution >= 4 is 69.4 Å². The number of amides is 6. The number of aliphatic hydroxyl groups excluding tert-OH is 2. The van der Waals surface area contributed by atoms with E-state index in [0.29, 0.717) is 16.5 Å². The van der Waals surface area contributed by atoms with E-state index in [9.17, 15) is 54.2 Å². The number of hydrogen-bond donors (Lipinski definition) is 6. The molecule has 1 unspecified atom stereocenters. The highest BCUT2D eigenvalue weighted by atomic mass is 35.5. The van der Waals surface area contributed by atoms with E-state index in [1.165, 1.54) is 36.9 Å². The van der Waals surface area contributed by atoms with E-state index in [-0.39, 0.29) is 61.8 Å². The molecule has 20 nitrogen and oxygen atoms in total. The molecule has 5 rings (SSSR count). The van der Waals surface area contributed by atoms with Crippen LogP contribution in [0.4, 0.5) is 5.69 Å². The number of phenols is 1. The Morgan fingerprint density at radius 3 is 2.05 bits per heavy atom. The predicted octanol–water partition coefficient (Wildman–Crippen LogP) is 4.71. The third kappa shape index (κ3) is 13.8. The first kappa shape index (κ1) is 60.5. The lowest BCUT2D eigenvalue weighted by atomic mass is 9.88. The van der Waals surface area contributed by atoms with Crippen molar-refractivity contribution in [2.45, 2.75) is 161 Å². The zero-order valence-corrected chi connectivity index (χ0v) is 46.2. The number of benzene rings is 2. The molecule has 0 radical (unpaired) electrons. The number of hydrogen-bond acceptors (Lipinski definition) is 12. The first-order valence-corrected chi connectivity index (χ1v) is 26.6. The van der Waals surface area contributed by atoms with Gasteiger partial charge in [0.1, 0.15) is 36.4 Å². The number of aliphatic hydroxyl groups is 2. The summed E-state index contributed by atoms with van der Waals surface area (Å²) in [5.41, 5.74) is -0.162. The summed E-state index contributed by atoms with van der Waals surface area (Å²) >= 11 is 6.19. The van der Waals surface area contributed by atoms with Gasteiger partial charge in [-0.2, -0.15) is 0 Å². The van der Waals surface area contributed by atoms with E-state index in [1.807, 2.05) is 64.3 Å². The lowest BCUT2D eigenvalue weighted by molar-refractivity contribution is -0.385. The molecule has 10 atom stereocenters. The fourth-order valence-corrected chi connectivity index (χ4v) is 10.6. The van der Waals surface area contributed by atoms with E-state index in [0.717, 1.165) is 17.0 Å². The molecule has 2 bridgehead atoms. The third-order valence-corrected chi connectivity index (χ3v) is 15.1. The Kier molecular flexibility index (Phi) is 20.4. The predicted molar refractivity (Wildman–Crippen MR) is 287 cm³/mol. The van der Waals surface area contributed by atoms with Gasteiger partial charge in [0.2, 0.25) is 35.4 Å². The number of allylic oxidation sites excluding steroid dienone is 1. The number of carbonyl (C=O) groups is 7. The first-order valence-electron chi connectivity index (χ1n) is 26.0. The number of aromatic hydroxyl groups is 1. The van der Waals surface area contributed by atoms with Crippen LogP contribution in [0.1, 0.15) is 106 Å². The number of ketones is 1. The molecule has 2 aromatic carbocycles. The summed E-state index contributed by atoms with van der Waals surface area (Å²) in [5, 5.41) is 54.2. The number of fused-ring (bicyclic) bond motifs is 3. The highest BCUT2D eigenvalue weighted by Crippen LogP contribution is 2.34. The molecule has 2 fully saturated rings. The number of alkyl halides is 1. The van der Waals surface area contributed by atoms with Crippen LogP contribution in [0.2, 0.25) is 0 Å². The van der Waals surface area contributed by atoms with Crippen molar-refractivity contribution in [1.29, 1.82) is 0 Å². The average Bonchev–Trinajstić information content (AvgIpc) is 3.74. The lowest BCUT2D eigenvalue weighted by Crippen LogP contribution is -2.66. The first-order chi connectivity index (χ1) is 35.6. The molecule has 6 N–H and O–H groups in total. The summed E-state index contributed by atoms with van der Waals surface area (Å²) in [6.07, 6.45) is 1.69. The molecular weight excluding hydrogens is 1000 g/mol. The molecule has 1 aromatic heterocycles. The number of phenolic OH excluding ortho intramolecular Hbond substituents is 1. The van der Waals surface area contributed by atoms with Gasteiger partial charge < -0.3 is 50.5 Å². The lowest BCUT2D eigenvalue weighted by Gasteiger charge is -2.46. The van der Waals surface area contributed by atoms with Crippen LogP contribution in [0.25, 0.3) is 10.9 Å². The van der Waals surface area contributed by atoms with Crippen molar-refractivity contribution in [2.75, 3.05) is 20.0 Å². The van der Waals surface area contributed by atoms with Crippen molar-refractivity contribution in [3.05, 3.63) is 82.1 Å². The minimum Gasteiger partial charge on any atom is -0.502 e. The Hall–Kier alpha value is -6.38. The number of nitro groups is 1. The van der Waals surface area contributed by atoms with E-state index in [2.05, 4.69) is 16.0 Å². The van der Waals surface area contributed by atoms with E-state index < -0.39 is 130 Å². The fraction of sp³-hybridized carbons (Fsp3) is 0.582. The number of carbonyl (C=O) groups excluding carboxylic acids is 7. The second-order valence-corrected chi connectivity index (χ2v) is 22.3. The Morgan fingerprint density at radius 1 is 0.829 bits per heavy atom. The molecule has 0 aliphatic carbocycles. The van der Waals surface area contributed by atoms with Gasteiger partial charge in [0.05, 0.1) is 28.5 Å². The average molecular weight is 1080 g/mol. The topological polar surface area (TPSA) is 274 Å². The van der Waals surface area contributed by atoms with E-state index in [4.69, 9.17) is 11.6 Å². The molecule has 21 heteroatoms. The summed E-state index contributed by atoms with van der Waals surface area (Å²) in [7, 11) is 2.80. The Labute approximate surface area is 449 Å². The van der Waals surface area contributed by atoms with Gasteiger partial charge in [-0.1, -0.05) is 78.0 Å². The number of nitrogens with zero attached hydrogens (tertiary/aromatic N) is 5. The third-order valence-electron chi connectivity index (χ3n) is 14.9. The van der Waals surface area contributed by atoms with Crippen LogP contribution in [0.3, 0.4) is 0 Å². The van der Waals surface area contributed by atoms with Crippen LogP contribution in [-0.4, -0.2) is 149 Å². The van der Waals surface area contributed by atoms with Gasteiger partial charge in [-0.05, 0) is 88.0 Å². The zero-order chi connectivity index (χ0) is 56.7. The van der Waals surface area contributed by atoms with Crippen molar-refractivity contribution in [3.63, 3.8) is 0 Å². The number of piperidine rings is 1. The smallest absolute Gasteiger partial charge is 0.310 e. The SMILES string of the molecule is C/C=C/C[C@@H]1NC(=O)[C@H](CC(C)C)N2C(=O)[C@H](CC(C)[C@H]2O)N(C)C(=O)[C@H](C)CC(=O)[C@H](Cc2ccc(O)c([N+](=O)[O-])c2)NC(=O)[C@H](CC(C)C)N(C)C(=O)[C@H](Cc2cn(C(C)(C)[C@H](O)CCl)c3ccccc23)NC1=O. The fourth-order valence-electron chi connectivity index (χ4n) is 10.2. The summed E-state index contributed by atoms with van der Waals surface area (Å²) in [5.74, 6) is -8.02. The summed E-state index contributed by atoms with van der Waals surface area (Å²) < 4.78 is 1.85. The number of halogens is 1. The molecule has 2 saturated heterocycles. The largest absolute Gasteiger partial charge is 0.502 e. The minimum atomic E-state index is -1.47. The number of nitro benzene ring substituents is 1. The van der Waals surface area contributed by atoms with E-state index >= 15 is 4.79 Å². The second-order valence-electron chi connectivity index (χ2n) is 22.0. The summed E-state index contributed by atoms with van der Waals surface area (Å²) in [4.78, 5) is 118. The van der Waals surface area contributed by atoms with Crippen molar-refractivity contribution < 1.29 is 53.8 Å². The van der Waals surface area contributed by atoms with Gasteiger partial charge in [0.25, 0.3) is 0 Å². The summed E-state index contributed by atoms with van der Waals surface area (Å²) in [6.45, 7) is 15.8. The van der Waals surface area contributed by atoms with Gasteiger partial charge in [0.15, 0.2) is 11.5 Å². The standard InChI is InChI=1S/C55H77ClN8O12/c1-12-13-17-37-48(68)59-39(27-35-29-62(55(8,9)47(67)28-56)40-18-15-14-16-36(35)40)53(73)60(10)42(21-30(2)3)49(69)58-38(25-34-19-20-45(65)41(26-34)64(75)76)46(66)24-33(7)51(71)61(11)44-23-32(6)52(72)63(54(44)74)43(22-31(4)5)50(70)57-37/h12-16,18-20,26,29-33,37-39,42-44,47,52,65,67,72H,17,21-25,27-28H2,1-11H3,(H,57,70)(H,58,69)(H,59,68)/b13-12+/t32?,33-,37+,38+,39+,42+,43+,44+,47-,52-/m1/s1. The molecule has 3 heterocycles. The second kappa shape index (κ2) is 25.6. The van der Waals surface area contributed by atoms with Gasteiger partial charge in [-0.15, -0.1) is 11.6 Å². The van der Waals surface area contributed by atoms with Crippen molar-refractivity contribution in [3.8, 4) is 5.75 Å². The Morgan fingerprint density at radius 2 is 1.43 bits per heavy atom. The maximum absolute atomic E-state index is 15.4. The van der Waals surface area contributed by atoms with Crippen LogP contribution < -0.4 is 16.0 Å². The van der Waals surface area contributed by atoms with Crippen LogP contribution in [-0.2, 0) is 51.9 Å². The molecule has 2 aliphatic heterocycles. The number of nitrogens with one attached hydrogen (secondary N) is 3.